The van der Waals surface area contributed by atoms with Crippen LogP contribution < -0.4 is 4.90 Å². The Labute approximate surface area is 150 Å². The van der Waals surface area contributed by atoms with Crippen molar-refractivity contribution in [3.63, 3.8) is 0 Å². The smallest absolute Gasteiger partial charge is 0.270 e. The largest absolute Gasteiger partial charge is 0.298 e. The normalized spacial score (nSPS) is 16.1. The van der Waals surface area contributed by atoms with Crippen molar-refractivity contribution in [2.45, 2.75) is 13.8 Å². The molecule has 1 fully saturated rings. The number of thioether (sulfide) groups is 1. The fraction of sp³-hybridized carbons (Fsp3) is 0.105. The standard InChI is InChI=1S/C19H15NO2S2/c1-12-4-3-5-16(13(12)2)20-18(22)17(24-19(20)23)10-14-6-8-15(11-21)9-7-14/h3-11H,1-2H3/b17-10+. The second-order valence-corrected chi connectivity index (χ2v) is 7.20. The van der Waals surface area contributed by atoms with Gasteiger partial charge in [-0.1, -0.05) is 60.4 Å². The van der Waals surface area contributed by atoms with Crippen LogP contribution in [0.2, 0.25) is 0 Å². The molecule has 1 heterocycles. The lowest BCUT2D eigenvalue weighted by Crippen LogP contribution is -2.28. The number of aldehydes is 1. The highest BCUT2D eigenvalue weighted by Gasteiger charge is 2.34. The molecule has 2 aromatic carbocycles. The number of anilines is 1. The SMILES string of the molecule is Cc1cccc(N2C(=O)/C(=C\c3ccc(C=O)cc3)SC2=S)c1C. The maximum atomic E-state index is 12.8. The number of thiocarbonyl (C=S) groups is 1. The Morgan fingerprint density at radius 2 is 1.71 bits per heavy atom. The zero-order valence-corrected chi connectivity index (χ0v) is 14.9. The molecule has 0 aliphatic carbocycles. The number of carbonyl (C=O) groups is 2. The van der Waals surface area contributed by atoms with E-state index < -0.39 is 0 Å². The molecule has 0 saturated carbocycles. The molecule has 0 aromatic heterocycles. The Balaban J connectivity index is 1.95. The minimum Gasteiger partial charge on any atom is -0.298 e. The number of nitrogens with zero attached hydrogens (tertiary/aromatic N) is 1. The van der Waals surface area contributed by atoms with Crippen molar-refractivity contribution < 1.29 is 9.59 Å². The molecule has 2 aromatic rings. The van der Waals surface area contributed by atoms with Crippen LogP contribution in [0.15, 0.2) is 47.4 Å². The highest BCUT2D eigenvalue weighted by atomic mass is 32.2. The summed E-state index contributed by atoms with van der Waals surface area (Å²) >= 11 is 6.71. The Morgan fingerprint density at radius 3 is 2.38 bits per heavy atom. The molecule has 0 spiro atoms. The summed E-state index contributed by atoms with van der Waals surface area (Å²) in [6.07, 6.45) is 2.60. The molecule has 120 valence electrons. The first-order valence-corrected chi connectivity index (χ1v) is 8.63. The van der Waals surface area contributed by atoms with Gasteiger partial charge in [0.1, 0.15) is 6.29 Å². The third kappa shape index (κ3) is 3.05. The van der Waals surface area contributed by atoms with Crippen LogP contribution in [0.25, 0.3) is 6.08 Å². The van der Waals surface area contributed by atoms with E-state index in [-0.39, 0.29) is 5.91 Å². The van der Waals surface area contributed by atoms with Gasteiger partial charge in [0.2, 0.25) is 0 Å². The van der Waals surface area contributed by atoms with E-state index in [9.17, 15) is 9.59 Å². The van der Waals surface area contributed by atoms with Crippen molar-refractivity contribution >= 4 is 52.3 Å². The Hall–Kier alpha value is -2.24. The van der Waals surface area contributed by atoms with Crippen LogP contribution in [-0.4, -0.2) is 16.5 Å². The van der Waals surface area contributed by atoms with E-state index in [1.54, 1.807) is 23.1 Å². The zero-order chi connectivity index (χ0) is 17.3. The molecule has 0 bridgehead atoms. The Morgan fingerprint density at radius 1 is 1.04 bits per heavy atom. The number of amides is 1. The lowest BCUT2D eigenvalue weighted by atomic mass is 10.1. The molecule has 0 N–H and O–H groups in total. The Kier molecular flexibility index (Phi) is 4.64. The van der Waals surface area contributed by atoms with E-state index in [1.807, 2.05) is 44.2 Å². The van der Waals surface area contributed by atoms with E-state index >= 15 is 0 Å². The number of benzene rings is 2. The maximum Gasteiger partial charge on any atom is 0.270 e. The lowest BCUT2D eigenvalue weighted by molar-refractivity contribution is -0.113. The van der Waals surface area contributed by atoms with Crippen molar-refractivity contribution in [3.05, 3.63) is 69.6 Å². The second-order valence-electron chi connectivity index (χ2n) is 5.52. The molecule has 1 aliphatic rings. The molecule has 0 radical (unpaired) electrons. The summed E-state index contributed by atoms with van der Waals surface area (Å²) in [5.74, 6) is -0.113. The summed E-state index contributed by atoms with van der Waals surface area (Å²) in [5, 5.41) is 0. The van der Waals surface area contributed by atoms with Crippen molar-refractivity contribution in [1.82, 2.24) is 0 Å². The summed E-state index contributed by atoms with van der Waals surface area (Å²) in [7, 11) is 0. The fourth-order valence-corrected chi connectivity index (χ4v) is 3.76. The molecule has 0 atom stereocenters. The molecule has 5 heteroatoms. The predicted molar refractivity (Wildman–Crippen MR) is 103 cm³/mol. The van der Waals surface area contributed by atoms with E-state index in [4.69, 9.17) is 12.2 Å². The minimum atomic E-state index is -0.113. The highest BCUT2D eigenvalue weighted by Crippen LogP contribution is 2.37. The molecule has 1 aliphatic heterocycles. The average molecular weight is 353 g/mol. The molecular formula is C19H15NO2S2. The van der Waals surface area contributed by atoms with Gasteiger partial charge in [-0.3, -0.25) is 14.5 Å². The fourth-order valence-electron chi connectivity index (χ4n) is 2.48. The number of hydrogen-bond acceptors (Lipinski definition) is 4. The lowest BCUT2D eigenvalue weighted by Gasteiger charge is -2.18. The highest BCUT2D eigenvalue weighted by molar-refractivity contribution is 8.27. The first-order chi connectivity index (χ1) is 11.5. The van der Waals surface area contributed by atoms with E-state index in [1.165, 1.54) is 11.8 Å². The van der Waals surface area contributed by atoms with Crippen LogP contribution in [0.3, 0.4) is 0 Å². The second kappa shape index (κ2) is 6.71. The van der Waals surface area contributed by atoms with Gasteiger partial charge in [0.25, 0.3) is 5.91 Å². The third-order valence-electron chi connectivity index (χ3n) is 3.98. The quantitative estimate of drug-likeness (QED) is 0.462. The van der Waals surface area contributed by atoms with Gasteiger partial charge in [-0.25, -0.2) is 0 Å². The van der Waals surface area contributed by atoms with Gasteiger partial charge < -0.3 is 0 Å². The van der Waals surface area contributed by atoms with Crippen LogP contribution in [0, 0.1) is 13.8 Å². The first kappa shape index (κ1) is 16.6. The molecular weight excluding hydrogens is 338 g/mol. The number of carbonyl (C=O) groups excluding carboxylic acids is 2. The van der Waals surface area contributed by atoms with Gasteiger partial charge in [0, 0.05) is 5.56 Å². The number of aryl methyl sites for hydroxylation is 1. The van der Waals surface area contributed by atoms with Crippen LogP contribution in [0.4, 0.5) is 5.69 Å². The third-order valence-corrected chi connectivity index (χ3v) is 5.28. The summed E-state index contributed by atoms with van der Waals surface area (Å²) in [4.78, 5) is 25.7. The van der Waals surface area contributed by atoms with Gasteiger partial charge in [-0.15, -0.1) is 0 Å². The van der Waals surface area contributed by atoms with Crippen molar-refractivity contribution in [2.24, 2.45) is 0 Å². The summed E-state index contributed by atoms with van der Waals surface area (Å²) in [6.45, 7) is 4.01. The molecule has 0 unspecified atom stereocenters. The van der Waals surface area contributed by atoms with Gasteiger partial charge in [0.15, 0.2) is 4.32 Å². The number of hydrogen-bond donors (Lipinski definition) is 0. The topological polar surface area (TPSA) is 37.4 Å². The van der Waals surface area contributed by atoms with Crippen LogP contribution in [-0.2, 0) is 4.79 Å². The zero-order valence-electron chi connectivity index (χ0n) is 13.3. The van der Waals surface area contributed by atoms with E-state index in [2.05, 4.69) is 0 Å². The van der Waals surface area contributed by atoms with Crippen LogP contribution >= 0.6 is 24.0 Å². The van der Waals surface area contributed by atoms with Crippen molar-refractivity contribution in [3.8, 4) is 0 Å². The van der Waals surface area contributed by atoms with Crippen LogP contribution in [0.1, 0.15) is 27.0 Å². The monoisotopic (exact) mass is 353 g/mol. The van der Waals surface area contributed by atoms with E-state index in [0.29, 0.717) is 14.8 Å². The predicted octanol–water partition coefficient (Wildman–Crippen LogP) is 4.52. The van der Waals surface area contributed by atoms with Crippen molar-refractivity contribution in [2.75, 3.05) is 4.90 Å². The van der Waals surface area contributed by atoms with Gasteiger partial charge in [-0.2, -0.15) is 0 Å². The summed E-state index contributed by atoms with van der Waals surface area (Å²) in [5.41, 5.74) is 4.47. The van der Waals surface area contributed by atoms with Gasteiger partial charge >= 0.3 is 0 Å². The van der Waals surface area contributed by atoms with Crippen LogP contribution in [0.5, 0.6) is 0 Å². The molecule has 1 saturated heterocycles. The Bertz CT molecular complexity index is 869. The van der Waals surface area contributed by atoms with E-state index in [0.717, 1.165) is 28.7 Å². The molecule has 3 nitrogen and oxygen atoms in total. The van der Waals surface area contributed by atoms with Gasteiger partial charge in [0.05, 0.1) is 10.6 Å². The molecule has 24 heavy (non-hydrogen) atoms. The molecule has 3 rings (SSSR count). The number of rotatable bonds is 3. The van der Waals surface area contributed by atoms with Gasteiger partial charge in [-0.05, 0) is 42.7 Å². The summed E-state index contributed by atoms with van der Waals surface area (Å²) in [6, 6.07) is 12.9. The first-order valence-electron chi connectivity index (χ1n) is 7.40. The molecule has 1 amide bonds. The minimum absolute atomic E-state index is 0.113. The maximum absolute atomic E-state index is 12.8. The van der Waals surface area contributed by atoms with Crippen molar-refractivity contribution in [1.29, 1.82) is 0 Å². The average Bonchev–Trinajstić information content (AvgIpc) is 2.85. The summed E-state index contributed by atoms with van der Waals surface area (Å²) < 4.78 is 0.532.